The molecule has 1 aromatic rings. The van der Waals surface area contributed by atoms with Crippen LogP contribution in [0.3, 0.4) is 0 Å². The molecule has 6 nitrogen and oxygen atoms in total. The molecule has 0 aliphatic carbocycles. The molecule has 0 spiro atoms. The van der Waals surface area contributed by atoms with E-state index in [4.69, 9.17) is 5.11 Å². The molecular weight excluding hydrogens is 340 g/mol. The third kappa shape index (κ3) is 5.55. The third-order valence-corrected chi connectivity index (χ3v) is 3.29. The summed E-state index contributed by atoms with van der Waals surface area (Å²) in [6.45, 7) is 3.12. The van der Waals surface area contributed by atoms with Crippen LogP contribution in [0.5, 0.6) is 0 Å². The molecule has 0 aliphatic rings. The molecule has 0 heterocycles. The molecule has 0 radical (unpaired) electrons. The quantitative estimate of drug-likeness (QED) is 0.717. The smallest absolute Gasteiger partial charge is 0.326 e. The van der Waals surface area contributed by atoms with Gasteiger partial charge in [-0.3, -0.25) is 9.59 Å². The molecule has 114 valence electrons. The van der Waals surface area contributed by atoms with Crippen LogP contribution in [0.2, 0.25) is 0 Å². The lowest BCUT2D eigenvalue weighted by Gasteiger charge is -2.17. The normalized spacial score (nSPS) is 11.8. The maximum Gasteiger partial charge on any atom is 0.326 e. The Labute approximate surface area is 131 Å². The summed E-state index contributed by atoms with van der Waals surface area (Å²) in [5.41, 5.74) is 0.421. The van der Waals surface area contributed by atoms with Crippen molar-refractivity contribution in [3.05, 3.63) is 34.3 Å². The second kappa shape index (κ2) is 7.78. The zero-order valence-corrected chi connectivity index (χ0v) is 13.3. The van der Waals surface area contributed by atoms with Crippen molar-refractivity contribution in [3.8, 4) is 0 Å². The number of carboxylic acid groups (broad SMARTS) is 1. The molecule has 0 aromatic heterocycles. The average Bonchev–Trinajstić information content (AvgIpc) is 2.42. The highest BCUT2D eigenvalue weighted by atomic mass is 79.9. The molecule has 3 N–H and O–H groups in total. The average molecular weight is 357 g/mol. The molecule has 0 bridgehead atoms. The fourth-order valence-corrected chi connectivity index (χ4v) is 1.87. The largest absolute Gasteiger partial charge is 0.480 e. The zero-order valence-electron chi connectivity index (χ0n) is 11.7. The van der Waals surface area contributed by atoms with Gasteiger partial charge in [-0.1, -0.05) is 29.8 Å². The van der Waals surface area contributed by atoms with Crippen molar-refractivity contribution in [1.82, 2.24) is 10.6 Å². The number of halogens is 1. The fourth-order valence-electron chi connectivity index (χ4n) is 1.60. The number of nitrogens with one attached hydrogen (secondary N) is 2. The maximum absolute atomic E-state index is 11.8. The summed E-state index contributed by atoms with van der Waals surface area (Å²) < 4.78 is 0.845. The van der Waals surface area contributed by atoms with E-state index >= 15 is 0 Å². The van der Waals surface area contributed by atoms with Gasteiger partial charge in [0.1, 0.15) is 6.04 Å². The predicted octanol–water partition coefficient (Wildman–Crippen LogP) is 1.40. The van der Waals surface area contributed by atoms with Crippen LogP contribution in [0.25, 0.3) is 0 Å². The Balaban J connectivity index is 2.51. The standard InChI is InChI=1S/C14H17BrN2O4/c1-8(2)12(14(20)21)17-11(18)7-16-13(19)9-3-5-10(15)6-4-9/h3-6,8,12H,7H2,1-2H3,(H,16,19)(H,17,18)(H,20,21). The van der Waals surface area contributed by atoms with Crippen LogP contribution < -0.4 is 10.6 Å². The van der Waals surface area contributed by atoms with Gasteiger partial charge in [-0.05, 0) is 30.2 Å². The summed E-state index contributed by atoms with van der Waals surface area (Å²) in [7, 11) is 0. The molecule has 1 rings (SSSR count). The van der Waals surface area contributed by atoms with Crippen LogP contribution in [0.4, 0.5) is 0 Å². The van der Waals surface area contributed by atoms with Gasteiger partial charge < -0.3 is 15.7 Å². The Hall–Kier alpha value is -1.89. The number of carboxylic acids is 1. The maximum atomic E-state index is 11.8. The fraction of sp³-hybridized carbons (Fsp3) is 0.357. The minimum absolute atomic E-state index is 0.242. The molecule has 1 unspecified atom stereocenters. The molecule has 2 amide bonds. The first-order chi connectivity index (χ1) is 9.81. The number of hydrogen-bond acceptors (Lipinski definition) is 3. The van der Waals surface area contributed by atoms with Gasteiger partial charge in [0.05, 0.1) is 6.54 Å². The lowest BCUT2D eigenvalue weighted by molar-refractivity contribution is -0.142. The Morgan fingerprint density at radius 2 is 1.76 bits per heavy atom. The molecule has 21 heavy (non-hydrogen) atoms. The van der Waals surface area contributed by atoms with Crippen molar-refractivity contribution < 1.29 is 19.5 Å². The van der Waals surface area contributed by atoms with E-state index in [1.807, 2.05) is 0 Å². The van der Waals surface area contributed by atoms with Crippen molar-refractivity contribution in [2.24, 2.45) is 5.92 Å². The first-order valence-electron chi connectivity index (χ1n) is 6.37. The van der Waals surface area contributed by atoms with Gasteiger partial charge in [0, 0.05) is 10.0 Å². The summed E-state index contributed by atoms with van der Waals surface area (Å²) in [5, 5.41) is 13.8. The molecule has 0 saturated carbocycles. The van der Waals surface area contributed by atoms with Crippen molar-refractivity contribution in [3.63, 3.8) is 0 Å². The van der Waals surface area contributed by atoms with Crippen LogP contribution in [0.1, 0.15) is 24.2 Å². The molecule has 0 aliphatic heterocycles. The second-order valence-electron chi connectivity index (χ2n) is 4.82. The zero-order chi connectivity index (χ0) is 16.0. The van der Waals surface area contributed by atoms with Crippen LogP contribution in [-0.4, -0.2) is 35.5 Å². The summed E-state index contributed by atoms with van der Waals surface area (Å²) in [6, 6.07) is 5.70. The van der Waals surface area contributed by atoms with E-state index < -0.39 is 23.8 Å². The number of hydrogen-bond donors (Lipinski definition) is 3. The van der Waals surface area contributed by atoms with Gasteiger partial charge in [0.15, 0.2) is 0 Å². The van der Waals surface area contributed by atoms with E-state index in [1.165, 1.54) is 0 Å². The van der Waals surface area contributed by atoms with Crippen molar-refractivity contribution in [2.75, 3.05) is 6.54 Å². The first kappa shape index (κ1) is 17.2. The topological polar surface area (TPSA) is 95.5 Å². The van der Waals surface area contributed by atoms with Crippen molar-refractivity contribution in [2.45, 2.75) is 19.9 Å². The molecule has 0 fully saturated rings. The number of aliphatic carboxylic acids is 1. The Bertz CT molecular complexity index is 528. The highest BCUT2D eigenvalue weighted by Gasteiger charge is 2.23. The second-order valence-corrected chi connectivity index (χ2v) is 5.73. The predicted molar refractivity (Wildman–Crippen MR) is 80.9 cm³/mol. The number of amides is 2. The van der Waals surface area contributed by atoms with Gasteiger partial charge in [-0.15, -0.1) is 0 Å². The monoisotopic (exact) mass is 356 g/mol. The van der Waals surface area contributed by atoms with E-state index in [2.05, 4.69) is 26.6 Å². The van der Waals surface area contributed by atoms with Gasteiger partial charge in [0.2, 0.25) is 5.91 Å². The van der Waals surface area contributed by atoms with Gasteiger partial charge in [0.25, 0.3) is 5.91 Å². The SMILES string of the molecule is CC(C)C(NC(=O)CNC(=O)c1ccc(Br)cc1)C(=O)O. The summed E-state index contributed by atoms with van der Waals surface area (Å²) >= 11 is 3.26. The lowest BCUT2D eigenvalue weighted by Crippen LogP contribution is -2.48. The van der Waals surface area contributed by atoms with Crippen LogP contribution in [0.15, 0.2) is 28.7 Å². The third-order valence-electron chi connectivity index (χ3n) is 2.77. The minimum Gasteiger partial charge on any atom is -0.480 e. The van der Waals surface area contributed by atoms with Crippen molar-refractivity contribution in [1.29, 1.82) is 0 Å². The van der Waals surface area contributed by atoms with E-state index in [-0.39, 0.29) is 12.5 Å². The summed E-state index contributed by atoms with van der Waals surface area (Å²) in [6.07, 6.45) is 0. The Morgan fingerprint density at radius 1 is 1.19 bits per heavy atom. The number of carbonyl (C=O) groups is 3. The highest BCUT2D eigenvalue weighted by molar-refractivity contribution is 9.10. The first-order valence-corrected chi connectivity index (χ1v) is 7.16. The number of rotatable bonds is 6. The summed E-state index contributed by atoms with van der Waals surface area (Å²) in [4.78, 5) is 34.4. The van der Waals surface area contributed by atoms with E-state index in [0.29, 0.717) is 5.56 Å². The van der Waals surface area contributed by atoms with E-state index in [9.17, 15) is 14.4 Å². The highest BCUT2D eigenvalue weighted by Crippen LogP contribution is 2.10. The van der Waals surface area contributed by atoms with Gasteiger partial charge in [-0.25, -0.2) is 4.79 Å². The number of carbonyl (C=O) groups excluding carboxylic acids is 2. The lowest BCUT2D eigenvalue weighted by atomic mass is 10.1. The molecular formula is C14H17BrN2O4. The van der Waals surface area contributed by atoms with Crippen LogP contribution in [0, 0.1) is 5.92 Å². The van der Waals surface area contributed by atoms with Crippen LogP contribution >= 0.6 is 15.9 Å². The molecule has 0 saturated heterocycles. The van der Waals surface area contributed by atoms with Crippen LogP contribution in [-0.2, 0) is 9.59 Å². The Morgan fingerprint density at radius 3 is 2.24 bits per heavy atom. The molecule has 7 heteroatoms. The van der Waals surface area contributed by atoms with E-state index in [0.717, 1.165) is 4.47 Å². The van der Waals surface area contributed by atoms with Gasteiger partial charge >= 0.3 is 5.97 Å². The Kier molecular flexibility index (Phi) is 6.36. The van der Waals surface area contributed by atoms with Crippen molar-refractivity contribution >= 4 is 33.7 Å². The molecule has 1 aromatic carbocycles. The molecule has 1 atom stereocenters. The summed E-state index contributed by atoms with van der Waals surface area (Å²) in [5.74, 6) is -2.28. The van der Waals surface area contributed by atoms with E-state index in [1.54, 1.807) is 38.1 Å². The van der Waals surface area contributed by atoms with Gasteiger partial charge in [-0.2, -0.15) is 0 Å². The minimum atomic E-state index is -1.10. The number of benzene rings is 1.